The second-order valence-electron chi connectivity index (χ2n) is 3.36. The monoisotopic (exact) mass is 185 g/mol. The van der Waals surface area contributed by atoms with Gasteiger partial charge in [-0.2, -0.15) is 5.10 Å². The van der Waals surface area contributed by atoms with E-state index in [0.717, 1.165) is 18.8 Å². The third-order valence-electron chi connectivity index (χ3n) is 2.07. The molecular weight excluding hydrogens is 170 g/mol. The maximum Gasteiger partial charge on any atom is 0.184 e. The van der Waals surface area contributed by atoms with Crippen molar-refractivity contribution in [3.8, 4) is 0 Å². The van der Waals surface area contributed by atoms with Crippen LogP contribution in [0.25, 0.3) is 0 Å². The first-order valence-corrected chi connectivity index (χ1v) is 4.70. The molecule has 0 bridgehead atoms. The molecule has 1 fully saturated rings. The van der Waals surface area contributed by atoms with E-state index in [1.165, 1.54) is 18.6 Å². The zero-order valence-electron chi connectivity index (χ0n) is 7.34. The molecule has 0 spiro atoms. The number of thiocarbonyl (C=S) groups is 1. The molecule has 0 saturated heterocycles. The summed E-state index contributed by atoms with van der Waals surface area (Å²) in [5, 5.41) is 4.38. The summed E-state index contributed by atoms with van der Waals surface area (Å²) < 4.78 is 0. The molecule has 0 aromatic heterocycles. The predicted octanol–water partition coefficient (Wildman–Crippen LogP) is 1.39. The number of hydrazone groups is 1. The van der Waals surface area contributed by atoms with Gasteiger partial charge in [0, 0.05) is 5.71 Å². The number of hydrogen-bond acceptors (Lipinski definition) is 2. The molecule has 0 aromatic rings. The maximum absolute atomic E-state index is 5.26. The summed E-state index contributed by atoms with van der Waals surface area (Å²) >= 11 is 4.65. The summed E-state index contributed by atoms with van der Waals surface area (Å²) in [6, 6.07) is 0. The van der Waals surface area contributed by atoms with Gasteiger partial charge in [0.05, 0.1) is 0 Å². The van der Waals surface area contributed by atoms with E-state index in [2.05, 4.69) is 29.7 Å². The average Bonchev–Trinajstić information content (AvgIpc) is 2.01. The van der Waals surface area contributed by atoms with Crippen molar-refractivity contribution in [1.29, 1.82) is 0 Å². The molecule has 0 heterocycles. The summed E-state index contributed by atoms with van der Waals surface area (Å²) in [6.45, 7) is 2.25. The van der Waals surface area contributed by atoms with Crippen LogP contribution in [0, 0.1) is 5.92 Å². The second kappa shape index (κ2) is 4.40. The topological polar surface area (TPSA) is 50.4 Å². The molecule has 12 heavy (non-hydrogen) atoms. The zero-order chi connectivity index (χ0) is 8.97. The molecule has 0 amide bonds. The van der Waals surface area contributed by atoms with Crippen molar-refractivity contribution in [2.45, 2.75) is 32.6 Å². The maximum atomic E-state index is 5.26. The Bertz CT molecular complexity index is 200. The zero-order valence-corrected chi connectivity index (χ0v) is 8.16. The van der Waals surface area contributed by atoms with Crippen LogP contribution in [0.4, 0.5) is 0 Å². The Labute approximate surface area is 78.4 Å². The fraction of sp³-hybridized carbons (Fsp3) is 0.750. The van der Waals surface area contributed by atoms with Crippen molar-refractivity contribution in [1.82, 2.24) is 5.43 Å². The van der Waals surface area contributed by atoms with E-state index in [4.69, 9.17) is 5.73 Å². The fourth-order valence-corrected chi connectivity index (χ4v) is 1.54. The van der Waals surface area contributed by atoms with E-state index in [1.807, 2.05) is 0 Å². The molecule has 3 N–H and O–H groups in total. The molecule has 1 aliphatic rings. The first-order chi connectivity index (χ1) is 5.68. The number of nitrogens with zero attached hydrogens (tertiary/aromatic N) is 1. The highest BCUT2D eigenvalue weighted by Gasteiger charge is 2.13. The van der Waals surface area contributed by atoms with E-state index in [-0.39, 0.29) is 5.11 Å². The molecule has 68 valence electrons. The van der Waals surface area contributed by atoms with E-state index in [9.17, 15) is 0 Å². The van der Waals surface area contributed by atoms with Crippen LogP contribution >= 0.6 is 12.2 Å². The van der Waals surface area contributed by atoms with Gasteiger partial charge in [0.2, 0.25) is 0 Å². The van der Waals surface area contributed by atoms with Crippen molar-refractivity contribution in [3.63, 3.8) is 0 Å². The van der Waals surface area contributed by atoms with Gasteiger partial charge in [0.15, 0.2) is 5.11 Å². The average molecular weight is 185 g/mol. The van der Waals surface area contributed by atoms with E-state index in [0.29, 0.717) is 0 Å². The van der Waals surface area contributed by atoms with Crippen LogP contribution in [0.1, 0.15) is 32.6 Å². The van der Waals surface area contributed by atoms with Crippen molar-refractivity contribution >= 4 is 23.0 Å². The van der Waals surface area contributed by atoms with Crippen molar-refractivity contribution < 1.29 is 0 Å². The third kappa shape index (κ3) is 3.17. The summed E-state index contributed by atoms with van der Waals surface area (Å²) in [5.74, 6) is 0.755. The molecule has 0 unspecified atom stereocenters. The number of nitrogens with one attached hydrogen (secondary N) is 1. The number of nitrogens with two attached hydrogens (primary N) is 1. The van der Waals surface area contributed by atoms with Gasteiger partial charge in [0.25, 0.3) is 0 Å². The van der Waals surface area contributed by atoms with Crippen LogP contribution in [-0.2, 0) is 0 Å². The predicted molar refractivity (Wildman–Crippen MR) is 55.0 cm³/mol. The Balaban J connectivity index is 2.39. The van der Waals surface area contributed by atoms with Gasteiger partial charge < -0.3 is 5.73 Å². The molecule has 1 atom stereocenters. The Morgan fingerprint density at radius 2 is 2.50 bits per heavy atom. The molecule has 0 radical (unpaired) electrons. The minimum absolute atomic E-state index is 0.251. The minimum atomic E-state index is 0.251. The van der Waals surface area contributed by atoms with Crippen molar-refractivity contribution in [3.05, 3.63) is 0 Å². The van der Waals surface area contributed by atoms with Crippen LogP contribution in [0.2, 0.25) is 0 Å². The highest BCUT2D eigenvalue weighted by molar-refractivity contribution is 7.80. The van der Waals surface area contributed by atoms with Gasteiger partial charge >= 0.3 is 0 Å². The number of hydrogen-bond donors (Lipinski definition) is 2. The highest BCUT2D eigenvalue weighted by atomic mass is 32.1. The lowest BCUT2D eigenvalue weighted by atomic mass is 9.89. The highest BCUT2D eigenvalue weighted by Crippen LogP contribution is 2.20. The van der Waals surface area contributed by atoms with E-state index in [1.54, 1.807) is 0 Å². The summed E-state index contributed by atoms with van der Waals surface area (Å²) in [7, 11) is 0. The fourth-order valence-electron chi connectivity index (χ4n) is 1.50. The lowest BCUT2D eigenvalue weighted by molar-refractivity contribution is 0.498. The van der Waals surface area contributed by atoms with Crippen LogP contribution < -0.4 is 11.2 Å². The van der Waals surface area contributed by atoms with Gasteiger partial charge in [-0.15, -0.1) is 0 Å². The molecule has 3 nitrogen and oxygen atoms in total. The normalized spacial score (nSPS) is 27.1. The van der Waals surface area contributed by atoms with Gasteiger partial charge in [-0.25, -0.2) is 0 Å². The Hall–Kier alpha value is -0.640. The standard InChI is InChI=1S/C8H15N3S/c1-6-3-2-4-7(5-6)10-11-8(9)12/h6H,2-5H2,1H3,(H3,9,11,12)/b10-7+/t6-/m1/s1. The summed E-state index contributed by atoms with van der Waals surface area (Å²) in [6.07, 6.45) is 4.71. The Kier molecular flexibility index (Phi) is 3.47. The molecule has 0 aromatic carbocycles. The van der Waals surface area contributed by atoms with Crippen LogP contribution in [0.15, 0.2) is 5.10 Å². The molecule has 1 saturated carbocycles. The van der Waals surface area contributed by atoms with Gasteiger partial charge in [-0.3, -0.25) is 5.43 Å². The number of rotatable bonds is 1. The van der Waals surface area contributed by atoms with Gasteiger partial charge in [-0.05, 0) is 43.8 Å². The second-order valence-corrected chi connectivity index (χ2v) is 3.80. The lowest BCUT2D eigenvalue weighted by Gasteiger charge is -2.18. The van der Waals surface area contributed by atoms with Crippen LogP contribution in [0.3, 0.4) is 0 Å². The third-order valence-corrected chi connectivity index (χ3v) is 2.16. The van der Waals surface area contributed by atoms with Gasteiger partial charge in [-0.1, -0.05) is 6.92 Å². The van der Waals surface area contributed by atoms with Crippen LogP contribution in [-0.4, -0.2) is 10.8 Å². The first kappa shape index (κ1) is 9.45. The molecular formula is C8H15N3S. The quantitative estimate of drug-likeness (QED) is 0.479. The lowest BCUT2D eigenvalue weighted by Crippen LogP contribution is -2.26. The minimum Gasteiger partial charge on any atom is -0.375 e. The summed E-state index contributed by atoms with van der Waals surface area (Å²) in [4.78, 5) is 0. The Morgan fingerprint density at radius 1 is 1.75 bits per heavy atom. The molecule has 1 rings (SSSR count). The van der Waals surface area contributed by atoms with E-state index >= 15 is 0 Å². The van der Waals surface area contributed by atoms with Crippen molar-refractivity contribution in [2.24, 2.45) is 16.8 Å². The molecule has 0 aliphatic heterocycles. The Morgan fingerprint density at radius 3 is 3.08 bits per heavy atom. The largest absolute Gasteiger partial charge is 0.375 e. The smallest absolute Gasteiger partial charge is 0.184 e. The first-order valence-electron chi connectivity index (χ1n) is 4.29. The summed E-state index contributed by atoms with van der Waals surface area (Å²) in [5.41, 5.74) is 9.09. The SMILES string of the molecule is C[C@@H]1CCC/C(=N\NC(N)=S)C1. The molecule has 4 heteroatoms. The van der Waals surface area contributed by atoms with Crippen LogP contribution in [0.5, 0.6) is 0 Å². The molecule has 1 aliphatic carbocycles. The van der Waals surface area contributed by atoms with E-state index < -0.39 is 0 Å². The van der Waals surface area contributed by atoms with Crippen molar-refractivity contribution in [2.75, 3.05) is 0 Å². The van der Waals surface area contributed by atoms with Gasteiger partial charge in [0.1, 0.15) is 0 Å².